The van der Waals surface area contributed by atoms with Gasteiger partial charge in [-0.25, -0.2) is 0 Å². The van der Waals surface area contributed by atoms with E-state index in [4.69, 9.17) is 18.9 Å². The van der Waals surface area contributed by atoms with Gasteiger partial charge in [0.15, 0.2) is 17.3 Å². The van der Waals surface area contributed by atoms with Crippen LogP contribution in [0.15, 0.2) is 48.4 Å². The van der Waals surface area contributed by atoms with Gasteiger partial charge in [0.25, 0.3) is 0 Å². The first-order chi connectivity index (χ1) is 13.1. The summed E-state index contributed by atoms with van der Waals surface area (Å²) in [4.78, 5) is 16.2. The first-order valence-corrected chi connectivity index (χ1v) is 8.29. The highest BCUT2D eigenvalue weighted by Crippen LogP contribution is 2.38. The zero-order valence-corrected chi connectivity index (χ0v) is 15.7. The molecule has 0 aliphatic heterocycles. The molecule has 0 spiro atoms. The number of benzene rings is 2. The zero-order chi connectivity index (χ0) is 19.4. The fraction of sp³-hybridized carbons (Fsp3) is 0.190. The Morgan fingerprint density at radius 1 is 0.963 bits per heavy atom. The molecule has 0 unspecified atom stereocenters. The molecular formula is C21H21NO5. The van der Waals surface area contributed by atoms with Crippen LogP contribution in [-0.4, -0.2) is 39.2 Å². The molecule has 1 aromatic heterocycles. The normalized spacial score (nSPS) is 11.3. The summed E-state index contributed by atoms with van der Waals surface area (Å²) < 4.78 is 21.3. The van der Waals surface area contributed by atoms with Crippen molar-refractivity contribution in [1.29, 1.82) is 0 Å². The number of methoxy groups -OCH3 is 4. The molecule has 27 heavy (non-hydrogen) atoms. The first-order valence-electron chi connectivity index (χ1n) is 8.29. The van der Waals surface area contributed by atoms with Gasteiger partial charge in [-0.2, -0.15) is 0 Å². The van der Waals surface area contributed by atoms with E-state index in [0.717, 1.165) is 16.5 Å². The molecule has 0 saturated heterocycles. The second kappa shape index (κ2) is 7.86. The topological polar surface area (TPSA) is 69.8 Å². The minimum Gasteiger partial charge on any atom is -0.493 e. The number of nitrogens with one attached hydrogen (secondary N) is 1. The van der Waals surface area contributed by atoms with Gasteiger partial charge in [0, 0.05) is 28.2 Å². The van der Waals surface area contributed by atoms with Crippen LogP contribution in [0.1, 0.15) is 15.9 Å². The quantitative estimate of drug-likeness (QED) is 0.387. The molecule has 140 valence electrons. The maximum atomic E-state index is 13.0. The molecule has 6 nitrogen and oxygen atoms in total. The molecule has 3 aromatic rings. The van der Waals surface area contributed by atoms with E-state index in [1.54, 1.807) is 18.2 Å². The maximum Gasteiger partial charge on any atom is 0.227 e. The van der Waals surface area contributed by atoms with E-state index in [-0.39, 0.29) is 11.5 Å². The molecule has 0 saturated carbocycles. The van der Waals surface area contributed by atoms with Gasteiger partial charge in [0.05, 0.1) is 28.4 Å². The summed E-state index contributed by atoms with van der Waals surface area (Å²) in [5, 5.41) is 1.00. The van der Waals surface area contributed by atoms with E-state index in [1.165, 1.54) is 28.4 Å². The second-order valence-electron chi connectivity index (χ2n) is 5.75. The van der Waals surface area contributed by atoms with Crippen LogP contribution in [0.3, 0.4) is 0 Å². The lowest BCUT2D eigenvalue weighted by atomic mass is 10.1. The van der Waals surface area contributed by atoms with Crippen molar-refractivity contribution in [1.82, 2.24) is 4.98 Å². The number of fused-ring (bicyclic) bond motifs is 1. The maximum absolute atomic E-state index is 13.0. The molecule has 6 heteroatoms. The number of H-pyrrole nitrogens is 1. The zero-order valence-electron chi connectivity index (χ0n) is 15.7. The SMILES string of the molecule is CO/C(=C/c1c[nH]c2ccccc12)C(=O)c1cc(OC)c(OC)c(OC)c1. The third kappa shape index (κ3) is 3.46. The summed E-state index contributed by atoms with van der Waals surface area (Å²) in [7, 11) is 5.99. The number of aromatic amines is 1. The molecule has 1 N–H and O–H groups in total. The van der Waals surface area contributed by atoms with Gasteiger partial charge in [-0.15, -0.1) is 0 Å². The predicted molar refractivity (Wildman–Crippen MR) is 104 cm³/mol. The summed E-state index contributed by atoms with van der Waals surface area (Å²) >= 11 is 0. The number of Topliss-reactive ketones (excluding diaryl/α,β-unsaturated/α-hetero) is 1. The standard InChI is InChI=1S/C21H21NO5/c1-24-17(11-14-12-22-16-8-6-5-7-15(14)16)20(23)13-9-18(25-2)21(27-4)19(10-13)26-3/h5-12,22H,1-4H3/b17-11+. The molecule has 2 aromatic carbocycles. The van der Waals surface area contributed by atoms with Crippen LogP contribution in [0.5, 0.6) is 17.2 Å². The van der Waals surface area contributed by atoms with E-state index in [1.807, 2.05) is 30.5 Å². The molecule has 0 atom stereocenters. The predicted octanol–water partition coefficient (Wildman–Crippen LogP) is 4.06. The van der Waals surface area contributed by atoms with Crippen molar-refractivity contribution < 1.29 is 23.7 Å². The lowest BCUT2D eigenvalue weighted by Crippen LogP contribution is -2.07. The molecule has 3 rings (SSSR count). The van der Waals surface area contributed by atoms with Gasteiger partial charge < -0.3 is 23.9 Å². The average molecular weight is 367 g/mol. The third-order valence-electron chi connectivity index (χ3n) is 4.28. The number of carbonyl (C=O) groups is 1. The molecule has 1 heterocycles. The largest absolute Gasteiger partial charge is 0.493 e. The highest BCUT2D eigenvalue weighted by Gasteiger charge is 2.20. The highest BCUT2D eigenvalue weighted by atomic mass is 16.5. The van der Waals surface area contributed by atoms with E-state index in [0.29, 0.717) is 22.8 Å². The van der Waals surface area contributed by atoms with Crippen molar-refractivity contribution in [2.75, 3.05) is 28.4 Å². The molecule has 0 amide bonds. The van der Waals surface area contributed by atoms with E-state index >= 15 is 0 Å². The number of hydrogen-bond acceptors (Lipinski definition) is 5. The van der Waals surface area contributed by atoms with Crippen molar-refractivity contribution in [3.05, 3.63) is 59.5 Å². The Morgan fingerprint density at radius 3 is 2.22 bits per heavy atom. The molecule has 0 aliphatic carbocycles. The summed E-state index contributed by atoms with van der Waals surface area (Å²) in [6, 6.07) is 11.1. The monoisotopic (exact) mass is 367 g/mol. The van der Waals surface area contributed by atoms with E-state index < -0.39 is 0 Å². The van der Waals surface area contributed by atoms with Crippen LogP contribution < -0.4 is 14.2 Å². The Kier molecular flexibility index (Phi) is 5.35. The number of ether oxygens (including phenoxy) is 4. The van der Waals surface area contributed by atoms with Crippen LogP contribution in [0.25, 0.3) is 17.0 Å². The van der Waals surface area contributed by atoms with Gasteiger partial charge in [-0.05, 0) is 24.3 Å². The van der Waals surface area contributed by atoms with Gasteiger partial charge in [0.1, 0.15) is 0 Å². The lowest BCUT2D eigenvalue weighted by Gasteiger charge is -2.14. The molecule has 0 fully saturated rings. The number of carbonyl (C=O) groups excluding carboxylic acids is 1. The molecular weight excluding hydrogens is 346 g/mol. The average Bonchev–Trinajstić information content (AvgIpc) is 3.13. The number of para-hydroxylation sites is 1. The van der Waals surface area contributed by atoms with Crippen molar-refractivity contribution in [3.63, 3.8) is 0 Å². The first kappa shape index (κ1) is 18.4. The highest BCUT2D eigenvalue weighted by molar-refractivity contribution is 6.11. The van der Waals surface area contributed by atoms with E-state index in [2.05, 4.69) is 4.98 Å². The molecule has 0 radical (unpaired) electrons. The second-order valence-corrected chi connectivity index (χ2v) is 5.75. The Balaban J connectivity index is 2.05. The van der Waals surface area contributed by atoms with Crippen LogP contribution in [-0.2, 0) is 4.74 Å². The van der Waals surface area contributed by atoms with Crippen LogP contribution in [0.2, 0.25) is 0 Å². The minimum absolute atomic E-state index is 0.203. The number of aromatic nitrogens is 1. The van der Waals surface area contributed by atoms with Crippen molar-refractivity contribution in [2.45, 2.75) is 0 Å². The Hall–Kier alpha value is -3.41. The molecule has 0 aliphatic rings. The van der Waals surface area contributed by atoms with Gasteiger partial charge >= 0.3 is 0 Å². The minimum atomic E-state index is -0.290. The fourth-order valence-corrected chi connectivity index (χ4v) is 2.93. The van der Waals surface area contributed by atoms with Gasteiger partial charge in [0.2, 0.25) is 11.5 Å². The number of allylic oxidation sites excluding steroid dienone is 1. The Bertz CT molecular complexity index is 978. The summed E-state index contributed by atoms with van der Waals surface area (Å²) in [6.45, 7) is 0. The van der Waals surface area contributed by atoms with Gasteiger partial charge in [-0.1, -0.05) is 18.2 Å². The number of ketones is 1. The van der Waals surface area contributed by atoms with Crippen LogP contribution in [0, 0.1) is 0 Å². The van der Waals surface area contributed by atoms with Gasteiger partial charge in [-0.3, -0.25) is 4.79 Å². The van der Waals surface area contributed by atoms with Crippen LogP contribution in [0.4, 0.5) is 0 Å². The number of hydrogen-bond donors (Lipinski definition) is 1. The summed E-state index contributed by atoms with van der Waals surface area (Å²) in [5.41, 5.74) is 2.22. The van der Waals surface area contributed by atoms with E-state index in [9.17, 15) is 4.79 Å². The number of rotatable bonds is 7. The van der Waals surface area contributed by atoms with Crippen molar-refractivity contribution >= 4 is 22.8 Å². The Labute approximate surface area is 157 Å². The summed E-state index contributed by atoms with van der Waals surface area (Å²) in [5.74, 6) is 1.15. The third-order valence-corrected chi connectivity index (χ3v) is 4.28. The molecule has 0 bridgehead atoms. The summed E-state index contributed by atoms with van der Waals surface area (Å²) in [6.07, 6.45) is 3.55. The Morgan fingerprint density at radius 2 is 1.63 bits per heavy atom. The smallest absolute Gasteiger partial charge is 0.227 e. The lowest BCUT2D eigenvalue weighted by molar-refractivity contribution is 0.0956. The van der Waals surface area contributed by atoms with Crippen molar-refractivity contribution in [2.24, 2.45) is 0 Å². The van der Waals surface area contributed by atoms with Crippen molar-refractivity contribution in [3.8, 4) is 17.2 Å². The van der Waals surface area contributed by atoms with Crippen LogP contribution >= 0.6 is 0 Å². The fourth-order valence-electron chi connectivity index (χ4n) is 2.93.